The van der Waals surface area contributed by atoms with Crippen LogP contribution in [-0.4, -0.2) is 18.7 Å². The first-order valence-corrected chi connectivity index (χ1v) is 5.68. The van der Waals surface area contributed by atoms with Crippen LogP contribution < -0.4 is 5.73 Å². The molecule has 0 aliphatic heterocycles. The van der Waals surface area contributed by atoms with Crippen LogP contribution in [0.3, 0.4) is 0 Å². The number of ether oxygens (including phenoxy) is 1. The number of aryl methyl sites for hydroxylation is 1. The average molecular weight is 296 g/mol. The lowest BCUT2D eigenvalue weighted by Crippen LogP contribution is -2.32. The molecule has 1 aromatic carbocycles. The first kappa shape index (κ1) is 17.2. The van der Waals surface area contributed by atoms with Gasteiger partial charge in [0.25, 0.3) is 0 Å². The number of halogens is 3. The van der Waals surface area contributed by atoms with Gasteiger partial charge in [-0.25, -0.2) is 9.18 Å². The first-order valence-electron chi connectivity index (χ1n) is 5.30. The molecule has 0 saturated carbocycles. The summed E-state index contributed by atoms with van der Waals surface area (Å²) < 4.78 is 18.4. The van der Waals surface area contributed by atoms with Crippen LogP contribution in [0.5, 0.6) is 0 Å². The van der Waals surface area contributed by atoms with Gasteiger partial charge in [0.15, 0.2) is 0 Å². The molecule has 1 unspecified atom stereocenters. The zero-order valence-corrected chi connectivity index (χ0v) is 11.7. The van der Waals surface area contributed by atoms with E-state index in [2.05, 4.69) is 4.74 Å². The molecule has 0 radical (unpaired) electrons. The van der Waals surface area contributed by atoms with Crippen molar-refractivity contribution in [3.8, 4) is 0 Å². The molecule has 0 saturated heterocycles. The predicted octanol–water partition coefficient (Wildman–Crippen LogP) is 2.97. The van der Waals surface area contributed by atoms with Crippen molar-refractivity contribution >= 4 is 30.0 Å². The summed E-state index contributed by atoms with van der Waals surface area (Å²) in [5, 5.41) is 0.351. The number of esters is 1. The number of carbonyl (C=O) groups is 1. The van der Waals surface area contributed by atoms with Crippen LogP contribution in [0, 0.1) is 6.92 Å². The van der Waals surface area contributed by atoms with Gasteiger partial charge >= 0.3 is 5.97 Å². The van der Waals surface area contributed by atoms with Gasteiger partial charge in [0.05, 0.1) is 12.6 Å². The van der Waals surface area contributed by atoms with E-state index in [-0.39, 0.29) is 19.0 Å². The van der Waals surface area contributed by atoms with Gasteiger partial charge in [0.2, 0.25) is 6.17 Å². The van der Waals surface area contributed by atoms with Crippen molar-refractivity contribution in [3.05, 3.63) is 34.3 Å². The third-order valence-electron chi connectivity index (χ3n) is 2.43. The van der Waals surface area contributed by atoms with Crippen LogP contribution in [0.25, 0.3) is 0 Å². The fraction of sp³-hybridized carbons (Fsp3) is 0.417. The molecule has 18 heavy (non-hydrogen) atoms. The molecule has 0 aromatic heterocycles. The topological polar surface area (TPSA) is 52.3 Å². The SMILES string of the molecule is CCOC(=O)C(F)[C@@H](N)c1c(C)cccc1Cl.Cl. The largest absolute Gasteiger partial charge is 0.464 e. The molecule has 0 bridgehead atoms. The van der Waals surface area contributed by atoms with Crippen molar-refractivity contribution in [2.75, 3.05) is 6.61 Å². The Kier molecular flexibility index (Phi) is 7.21. The van der Waals surface area contributed by atoms with E-state index in [9.17, 15) is 9.18 Å². The highest BCUT2D eigenvalue weighted by molar-refractivity contribution is 6.31. The van der Waals surface area contributed by atoms with E-state index in [1.807, 2.05) is 0 Å². The molecule has 0 fully saturated rings. The van der Waals surface area contributed by atoms with Gasteiger partial charge in [-0.2, -0.15) is 0 Å². The smallest absolute Gasteiger partial charge is 0.342 e. The maximum absolute atomic E-state index is 13.8. The molecule has 0 amide bonds. The summed E-state index contributed by atoms with van der Waals surface area (Å²) in [7, 11) is 0. The maximum atomic E-state index is 13.8. The molecule has 0 heterocycles. The minimum Gasteiger partial charge on any atom is -0.464 e. The Labute approximate surface area is 117 Å². The average Bonchev–Trinajstić information content (AvgIpc) is 2.27. The van der Waals surface area contributed by atoms with E-state index < -0.39 is 18.2 Å². The number of hydrogen-bond donors (Lipinski definition) is 1. The lowest BCUT2D eigenvalue weighted by Gasteiger charge is -2.19. The third kappa shape index (κ3) is 3.83. The van der Waals surface area contributed by atoms with Gasteiger partial charge < -0.3 is 10.5 Å². The molecule has 2 atom stereocenters. The lowest BCUT2D eigenvalue weighted by atomic mass is 9.98. The van der Waals surface area contributed by atoms with E-state index in [1.165, 1.54) is 0 Å². The molecule has 0 aliphatic carbocycles. The van der Waals surface area contributed by atoms with Crippen LogP contribution in [0.2, 0.25) is 5.02 Å². The standard InChI is InChI=1S/C12H15ClFNO2.ClH/c1-3-17-12(16)10(14)11(15)9-7(2)5-4-6-8(9)13;/h4-6,10-11H,3,15H2,1-2H3;1H/t10?,11-;/m0./s1. The fourth-order valence-corrected chi connectivity index (χ4v) is 1.93. The second kappa shape index (κ2) is 7.56. The molecule has 0 spiro atoms. The summed E-state index contributed by atoms with van der Waals surface area (Å²) in [6.07, 6.45) is -1.91. The predicted molar refractivity (Wildman–Crippen MR) is 71.9 cm³/mol. The van der Waals surface area contributed by atoms with Crippen molar-refractivity contribution < 1.29 is 13.9 Å². The summed E-state index contributed by atoms with van der Waals surface area (Å²) in [5.41, 5.74) is 6.90. The number of carbonyl (C=O) groups excluding carboxylic acids is 1. The molecule has 6 heteroatoms. The molecular weight excluding hydrogens is 280 g/mol. The van der Waals surface area contributed by atoms with Crippen molar-refractivity contribution in [1.29, 1.82) is 0 Å². The number of benzene rings is 1. The number of nitrogens with two attached hydrogens (primary N) is 1. The molecule has 1 aromatic rings. The van der Waals surface area contributed by atoms with E-state index >= 15 is 0 Å². The number of hydrogen-bond acceptors (Lipinski definition) is 3. The van der Waals surface area contributed by atoms with Crippen LogP contribution in [-0.2, 0) is 9.53 Å². The summed E-state index contributed by atoms with van der Waals surface area (Å²) in [6, 6.07) is 4.01. The van der Waals surface area contributed by atoms with Crippen molar-refractivity contribution in [3.63, 3.8) is 0 Å². The summed E-state index contributed by atoms with van der Waals surface area (Å²) in [4.78, 5) is 11.3. The molecule has 1 rings (SSSR count). The highest BCUT2D eigenvalue weighted by Crippen LogP contribution is 2.28. The summed E-state index contributed by atoms with van der Waals surface area (Å²) in [5.74, 6) is -0.959. The van der Waals surface area contributed by atoms with Crippen molar-refractivity contribution in [2.45, 2.75) is 26.1 Å². The molecule has 102 valence electrons. The van der Waals surface area contributed by atoms with Gasteiger partial charge in [-0.3, -0.25) is 0 Å². The van der Waals surface area contributed by atoms with E-state index in [4.69, 9.17) is 17.3 Å². The van der Waals surface area contributed by atoms with E-state index in [0.29, 0.717) is 10.6 Å². The van der Waals surface area contributed by atoms with Gasteiger partial charge in [0, 0.05) is 5.02 Å². The Morgan fingerprint density at radius 1 is 1.56 bits per heavy atom. The zero-order valence-electron chi connectivity index (χ0n) is 10.2. The monoisotopic (exact) mass is 295 g/mol. The zero-order chi connectivity index (χ0) is 13.0. The number of alkyl halides is 1. The third-order valence-corrected chi connectivity index (χ3v) is 2.76. The highest BCUT2D eigenvalue weighted by Gasteiger charge is 2.29. The van der Waals surface area contributed by atoms with Gasteiger partial charge in [0.1, 0.15) is 0 Å². The minimum atomic E-state index is -1.91. The van der Waals surface area contributed by atoms with E-state index in [1.54, 1.807) is 32.0 Å². The second-order valence-electron chi connectivity index (χ2n) is 3.65. The lowest BCUT2D eigenvalue weighted by molar-refractivity contribution is -0.149. The van der Waals surface area contributed by atoms with Crippen LogP contribution in [0.4, 0.5) is 4.39 Å². The minimum absolute atomic E-state index is 0. The molecule has 3 nitrogen and oxygen atoms in total. The Balaban J connectivity index is 0.00000289. The first-order chi connectivity index (χ1) is 7.99. The normalized spacial score (nSPS) is 13.4. The molecule has 0 aliphatic rings. The van der Waals surface area contributed by atoms with Gasteiger partial charge in [-0.1, -0.05) is 23.7 Å². The summed E-state index contributed by atoms with van der Waals surface area (Å²) >= 11 is 5.95. The quantitative estimate of drug-likeness (QED) is 0.869. The van der Waals surface area contributed by atoms with Crippen LogP contribution in [0.1, 0.15) is 24.1 Å². The van der Waals surface area contributed by atoms with Crippen LogP contribution >= 0.6 is 24.0 Å². The Morgan fingerprint density at radius 3 is 2.67 bits per heavy atom. The number of rotatable bonds is 4. The second-order valence-corrected chi connectivity index (χ2v) is 4.06. The van der Waals surface area contributed by atoms with Gasteiger partial charge in [-0.15, -0.1) is 12.4 Å². The Hall–Kier alpha value is -0.840. The van der Waals surface area contributed by atoms with Crippen molar-refractivity contribution in [1.82, 2.24) is 0 Å². The Bertz CT molecular complexity index is 395. The molecule has 2 N–H and O–H groups in total. The fourth-order valence-electron chi connectivity index (χ4n) is 1.58. The van der Waals surface area contributed by atoms with E-state index in [0.717, 1.165) is 5.56 Å². The Morgan fingerprint density at radius 2 is 2.17 bits per heavy atom. The van der Waals surface area contributed by atoms with Crippen LogP contribution in [0.15, 0.2) is 18.2 Å². The van der Waals surface area contributed by atoms with Crippen molar-refractivity contribution in [2.24, 2.45) is 5.73 Å². The van der Waals surface area contributed by atoms with Gasteiger partial charge in [-0.05, 0) is 31.0 Å². The summed E-state index contributed by atoms with van der Waals surface area (Å²) in [6.45, 7) is 3.49. The molecular formula is C12H16Cl2FNO2. The highest BCUT2D eigenvalue weighted by atomic mass is 35.5. The maximum Gasteiger partial charge on any atom is 0.342 e.